The highest BCUT2D eigenvalue weighted by Crippen LogP contribution is 2.37. The minimum Gasteiger partial charge on any atom is -0.322 e. The van der Waals surface area contributed by atoms with Gasteiger partial charge in [-0.1, -0.05) is 43.3 Å². The maximum Gasteiger partial charge on any atom is 0.0383 e. The average molecular weight is 187 g/mol. The molecule has 2 N–H and O–H groups in total. The lowest BCUT2D eigenvalue weighted by atomic mass is 9.74. The van der Waals surface area contributed by atoms with E-state index in [4.69, 9.17) is 5.73 Å². The summed E-state index contributed by atoms with van der Waals surface area (Å²) >= 11 is 0. The van der Waals surface area contributed by atoms with Crippen molar-refractivity contribution < 1.29 is 0 Å². The van der Waals surface area contributed by atoms with Crippen LogP contribution in [0.15, 0.2) is 30.3 Å². The highest BCUT2D eigenvalue weighted by Gasteiger charge is 2.31. The van der Waals surface area contributed by atoms with Crippen LogP contribution in [0.2, 0.25) is 0 Å². The Morgan fingerprint density at radius 3 is 2.79 bits per heavy atom. The molecule has 2 rings (SSSR count). The number of benzene rings is 1. The monoisotopic (exact) mass is 187 g/mol. The lowest BCUT2D eigenvalue weighted by molar-refractivity contribution is 0.443. The maximum atomic E-state index is 6.26. The van der Waals surface area contributed by atoms with Gasteiger partial charge in [0, 0.05) is 11.5 Å². The molecule has 74 valence electrons. The largest absolute Gasteiger partial charge is 0.322 e. The Kier molecular flexibility index (Phi) is 2.20. The van der Waals surface area contributed by atoms with Crippen LogP contribution in [-0.4, -0.2) is 5.54 Å². The highest BCUT2D eigenvalue weighted by molar-refractivity contribution is 5.60. The van der Waals surface area contributed by atoms with Gasteiger partial charge in [-0.25, -0.2) is 0 Å². The second-order valence-electron chi connectivity index (χ2n) is 4.29. The van der Waals surface area contributed by atoms with Gasteiger partial charge in [-0.3, -0.25) is 0 Å². The van der Waals surface area contributed by atoms with Crippen LogP contribution in [0.4, 0.5) is 0 Å². The van der Waals surface area contributed by atoms with Crippen molar-refractivity contribution in [1.29, 1.82) is 0 Å². The smallest absolute Gasteiger partial charge is 0.0383 e. The van der Waals surface area contributed by atoms with Crippen LogP contribution in [0.5, 0.6) is 0 Å². The highest BCUT2D eigenvalue weighted by atomic mass is 14.7. The van der Waals surface area contributed by atoms with Gasteiger partial charge in [0.25, 0.3) is 0 Å². The van der Waals surface area contributed by atoms with Crippen molar-refractivity contribution in [3.63, 3.8) is 0 Å². The van der Waals surface area contributed by atoms with E-state index in [0.29, 0.717) is 5.92 Å². The maximum absolute atomic E-state index is 6.26. The summed E-state index contributed by atoms with van der Waals surface area (Å²) in [5.74, 6) is 0.448. The molecule has 1 aromatic rings. The lowest BCUT2D eigenvalue weighted by Gasteiger charge is -2.35. The first kappa shape index (κ1) is 9.47. The van der Waals surface area contributed by atoms with E-state index in [1.165, 1.54) is 11.1 Å². The van der Waals surface area contributed by atoms with Crippen molar-refractivity contribution in [2.45, 2.75) is 31.7 Å². The summed E-state index contributed by atoms with van der Waals surface area (Å²) in [6.45, 7) is 4.30. The molecule has 1 heteroatoms. The van der Waals surface area contributed by atoms with E-state index in [2.05, 4.69) is 50.3 Å². The second kappa shape index (κ2) is 3.25. The Balaban J connectivity index is 2.53. The molecule has 0 radical (unpaired) electrons. The lowest BCUT2D eigenvalue weighted by Crippen LogP contribution is -2.42. The molecular weight excluding hydrogens is 170 g/mol. The van der Waals surface area contributed by atoms with E-state index >= 15 is 0 Å². The Morgan fingerprint density at radius 1 is 1.36 bits per heavy atom. The normalized spacial score (nSPS) is 30.1. The molecule has 0 spiro atoms. The van der Waals surface area contributed by atoms with Gasteiger partial charge in [0.15, 0.2) is 0 Å². The van der Waals surface area contributed by atoms with Gasteiger partial charge in [-0.05, 0) is 24.5 Å². The van der Waals surface area contributed by atoms with Crippen LogP contribution < -0.4 is 5.73 Å². The summed E-state index contributed by atoms with van der Waals surface area (Å²) in [6.07, 6.45) is 5.36. The molecule has 14 heavy (non-hydrogen) atoms. The molecule has 0 saturated carbocycles. The third-order valence-corrected chi connectivity index (χ3v) is 3.15. The van der Waals surface area contributed by atoms with Gasteiger partial charge in [0.05, 0.1) is 0 Å². The summed E-state index contributed by atoms with van der Waals surface area (Å²) in [5.41, 5.74) is 8.78. The molecule has 0 fully saturated rings. The molecule has 0 amide bonds. The zero-order chi connectivity index (χ0) is 10.2. The van der Waals surface area contributed by atoms with Crippen LogP contribution in [0, 0.1) is 0 Å². The summed E-state index contributed by atoms with van der Waals surface area (Å²) < 4.78 is 0. The first-order chi connectivity index (χ1) is 6.65. The fraction of sp³-hybridized carbons (Fsp3) is 0.385. The quantitative estimate of drug-likeness (QED) is 0.718. The first-order valence-electron chi connectivity index (χ1n) is 5.22. The van der Waals surface area contributed by atoms with Gasteiger partial charge in [0.2, 0.25) is 0 Å². The molecule has 0 saturated heterocycles. The predicted molar refractivity (Wildman–Crippen MR) is 61.1 cm³/mol. The SMILES string of the molecule is CCC1c2ccccc2C=CC1(C)N. The molecule has 2 atom stereocenters. The number of rotatable bonds is 1. The topological polar surface area (TPSA) is 26.0 Å². The van der Waals surface area contributed by atoms with Crippen molar-refractivity contribution >= 4 is 6.08 Å². The average Bonchev–Trinajstić information content (AvgIpc) is 2.17. The van der Waals surface area contributed by atoms with Gasteiger partial charge in [0.1, 0.15) is 0 Å². The number of nitrogens with two attached hydrogens (primary N) is 1. The summed E-state index contributed by atoms with van der Waals surface area (Å²) in [7, 11) is 0. The Labute approximate surface area is 85.6 Å². The van der Waals surface area contributed by atoms with E-state index in [1.807, 2.05) is 0 Å². The van der Waals surface area contributed by atoms with Crippen molar-refractivity contribution in [2.75, 3.05) is 0 Å². The van der Waals surface area contributed by atoms with E-state index in [1.54, 1.807) is 0 Å². The van der Waals surface area contributed by atoms with Crippen LogP contribution in [0.25, 0.3) is 6.08 Å². The fourth-order valence-electron chi connectivity index (χ4n) is 2.36. The van der Waals surface area contributed by atoms with E-state index in [0.717, 1.165) is 6.42 Å². The van der Waals surface area contributed by atoms with Gasteiger partial charge in [-0.15, -0.1) is 0 Å². The molecule has 0 aliphatic heterocycles. The molecule has 0 bridgehead atoms. The second-order valence-corrected chi connectivity index (χ2v) is 4.29. The molecule has 1 aliphatic carbocycles. The van der Waals surface area contributed by atoms with Crippen molar-refractivity contribution in [3.8, 4) is 0 Å². The van der Waals surface area contributed by atoms with Gasteiger partial charge < -0.3 is 5.73 Å². The Morgan fingerprint density at radius 2 is 2.07 bits per heavy atom. The third-order valence-electron chi connectivity index (χ3n) is 3.15. The van der Waals surface area contributed by atoms with Crippen LogP contribution in [-0.2, 0) is 0 Å². The van der Waals surface area contributed by atoms with Gasteiger partial charge >= 0.3 is 0 Å². The summed E-state index contributed by atoms with van der Waals surface area (Å²) in [5, 5.41) is 0. The summed E-state index contributed by atoms with van der Waals surface area (Å²) in [4.78, 5) is 0. The van der Waals surface area contributed by atoms with E-state index in [-0.39, 0.29) is 5.54 Å². The van der Waals surface area contributed by atoms with E-state index in [9.17, 15) is 0 Å². The van der Waals surface area contributed by atoms with Crippen molar-refractivity contribution in [3.05, 3.63) is 41.5 Å². The zero-order valence-corrected chi connectivity index (χ0v) is 8.83. The minimum atomic E-state index is -0.191. The van der Waals surface area contributed by atoms with Crippen LogP contribution in [0.1, 0.15) is 37.3 Å². The Bertz CT molecular complexity index is 363. The summed E-state index contributed by atoms with van der Waals surface area (Å²) in [6, 6.07) is 8.52. The standard InChI is InChI=1S/C13H17N/c1-3-12-11-7-5-4-6-10(11)8-9-13(12,2)14/h4-9,12H,3,14H2,1-2H3. The number of fused-ring (bicyclic) bond motifs is 1. The molecule has 0 heterocycles. The van der Waals surface area contributed by atoms with Crippen LogP contribution in [0.3, 0.4) is 0 Å². The van der Waals surface area contributed by atoms with E-state index < -0.39 is 0 Å². The number of hydrogen-bond acceptors (Lipinski definition) is 1. The van der Waals surface area contributed by atoms with Gasteiger partial charge in [-0.2, -0.15) is 0 Å². The molecule has 2 unspecified atom stereocenters. The molecule has 1 aromatic carbocycles. The third kappa shape index (κ3) is 1.38. The fourth-order valence-corrected chi connectivity index (χ4v) is 2.36. The molecular formula is C13H17N. The molecule has 0 aromatic heterocycles. The first-order valence-corrected chi connectivity index (χ1v) is 5.22. The van der Waals surface area contributed by atoms with Crippen LogP contribution >= 0.6 is 0 Å². The number of hydrogen-bond donors (Lipinski definition) is 1. The van der Waals surface area contributed by atoms with Crippen molar-refractivity contribution in [1.82, 2.24) is 0 Å². The zero-order valence-electron chi connectivity index (χ0n) is 8.83. The Hall–Kier alpha value is -1.08. The van der Waals surface area contributed by atoms with Crippen molar-refractivity contribution in [2.24, 2.45) is 5.73 Å². The molecule has 1 aliphatic rings. The predicted octanol–water partition coefficient (Wildman–Crippen LogP) is 2.92. The minimum absolute atomic E-state index is 0.191. The molecule has 1 nitrogen and oxygen atoms in total.